The Morgan fingerprint density at radius 1 is 1.43 bits per heavy atom. The summed E-state index contributed by atoms with van der Waals surface area (Å²) in [4.78, 5) is 30.9. The summed E-state index contributed by atoms with van der Waals surface area (Å²) in [5, 5.41) is 12.7. The molecule has 2 atom stereocenters. The molecule has 2 aromatic rings. The zero-order chi connectivity index (χ0) is 20.1. The van der Waals surface area contributed by atoms with E-state index < -0.39 is 12.1 Å². The van der Waals surface area contributed by atoms with Crippen molar-refractivity contribution in [2.45, 2.75) is 25.6 Å². The lowest BCUT2D eigenvalue weighted by atomic mass is 9.99. The molecule has 0 aliphatic carbocycles. The summed E-state index contributed by atoms with van der Waals surface area (Å²) in [6.45, 7) is 2.00. The number of nitrogens with zero attached hydrogens (tertiary/aromatic N) is 2. The van der Waals surface area contributed by atoms with Crippen LogP contribution in [0.2, 0.25) is 0 Å². The number of methoxy groups -OCH3 is 1. The Morgan fingerprint density at radius 3 is 2.79 bits per heavy atom. The average Bonchev–Trinajstić information content (AvgIpc) is 3.09. The lowest BCUT2D eigenvalue weighted by Gasteiger charge is -2.40. The summed E-state index contributed by atoms with van der Waals surface area (Å²) < 4.78 is 10.5. The van der Waals surface area contributed by atoms with Crippen molar-refractivity contribution in [3.63, 3.8) is 0 Å². The number of carbonyl (C=O) groups excluding carboxylic acids is 2. The number of aliphatic hydroxyl groups is 1. The molecule has 1 fully saturated rings. The maximum Gasteiger partial charge on any atom is 0.250 e. The molecule has 2 amide bonds. The number of ether oxygens (including phenoxy) is 2. The van der Waals surface area contributed by atoms with Gasteiger partial charge in [0.2, 0.25) is 11.8 Å². The summed E-state index contributed by atoms with van der Waals surface area (Å²) in [7, 11) is 1.46. The Labute approximate surface area is 167 Å². The fraction of sp³-hybridized carbons (Fsp3) is 0.421. The molecule has 1 aliphatic rings. The van der Waals surface area contributed by atoms with Gasteiger partial charge in [0.15, 0.2) is 0 Å². The molecule has 28 heavy (non-hydrogen) atoms. The van der Waals surface area contributed by atoms with Gasteiger partial charge in [-0.25, -0.2) is 4.98 Å². The molecule has 0 radical (unpaired) electrons. The van der Waals surface area contributed by atoms with Gasteiger partial charge in [0.05, 0.1) is 30.4 Å². The third-order valence-corrected chi connectivity index (χ3v) is 5.52. The van der Waals surface area contributed by atoms with Crippen LogP contribution in [-0.2, 0) is 25.6 Å². The van der Waals surface area contributed by atoms with E-state index in [4.69, 9.17) is 9.47 Å². The first-order valence-corrected chi connectivity index (χ1v) is 9.71. The molecule has 8 nitrogen and oxygen atoms in total. The van der Waals surface area contributed by atoms with Crippen molar-refractivity contribution in [3.05, 3.63) is 45.9 Å². The van der Waals surface area contributed by atoms with E-state index >= 15 is 0 Å². The van der Waals surface area contributed by atoms with E-state index in [2.05, 4.69) is 10.3 Å². The van der Waals surface area contributed by atoms with E-state index in [1.807, 2.05) is 19.1 Å². The first-order chi connectivity index (χ1) is 13.5. The number of anilines is 1. The number of nitrogens with one attached hydrogen (secondary N) is 1. The van der Waals surface area contributed by atoms with Gasteiger partial charge < -0.3 is 24.8 Å². The Hall–Kier alpha value is -2.33. The number of aromatic nitrogens is 1. The number of rotatable bonds is 7. The number of aliphatic hydroxyl groups excluding tert-OH is 1. The van der Waals surface area contributed by atoms with Gasteiger partial charge in [0, 0.05) is 17.7 Å². The molecular formula is C19H23N3O5S. The molecule has 3 rings (SSSR count). The second kappa shape index (κ2) is 9.24. The van der Waals surface area contributed by atoms with Gasteiger partial charge in [-0.2, -0.15) is 0 Å². The molecule has 2 heterocycles. The lowest BCUT2D eigenvalue weighted by molar-refractivity contribution is -0.161. The predicted octanol–water partition coefficient (Wildman–Crippen LogP) is 1.50. The van der Waals surface area contributed by atoms with E-state index in [1.54, 1.807) is 22.5 Å². The van der Waals surface area contributed by atoms with Crippen molar-refractivity contribution in [2.24, 2.45) is 0 Å². The van der Waals surface area contributed by atoms with Crippen LogP contribution in [0.5, 0.6) is 0 Å². The molecule has 0 saturated carbocycles. The molecule has 1 aromatic heterocycles. The Kier molecular flexibility index (Phi) is 6.74. The zero-order valence-corrected chi connectivity index (χ0v) is 16.6. The summed E-state index contributed by atoms with van der Waals surface area (Å²) >= 11 is 1.49. The van der Waals surface area contributed by atoms with Crippen LogP contribution in [0.4, 0.5) is 5.69 Å². The third kappa shape index (κ3) is 4.56. The number of aryl methyl sites for hydroxylation is 1. The normalized spacial score (nSPS) is 19.7. The first-order valence-electron chi connectivity index (χ1n) is 8.83. The van der Waals surface area contributed by atoms with Gasteiger partial charge in [0.25, 0.3) is 0 Å². The fourth-order valence-electron chi connectivity index (χ4n) is 3.14. The van der Waals surface area contributed by atoms with Crippen LogP contribution >= 0.6 is 11.3 Å². The van der Waals surface area contributed by atoms with Gasteiger partial charge >= 0.3 is 0 Å². The third-order valence-electron chi connectivity index (χ3n) is 4.60. The number of benzene rings is 1. The highest BCUT2D eigenvalue weighted by molar-refractivity contribution is 7.09. The van der Waals surface area contributed by atoms with Crippen LogP contribution < -0.4 is 5.32 Å². The Bertz CT molecular complexity index is 823. The minimum Gasteiger partial charge on any atom is -0.394 e. The van der Waals surface area contributed by atoms with E-state index in [1.165, 1.54) is 18.4 Å². The van der Waals surface area contributed by atoms with E-state index in [0.717, 1.165) is 16.1 Å². The van der Waals surface area contributed by atoms with Crippen molar-refractivity contribution in [3.8, 4) is 0 Å². The van der Waals surface area contributed by atoms with Crippen LogP contribution in [-0.4, -0.2) is 59.8 Å². The van der Waals surface area contributed by atoms with Crippen molar-refractivity contribution in [2.75, 3.05) is 32.2 Å². The number of amides is 2. The monoisotopic (exact) mass is 405 g/mol. The minimum atomic E-state index is -0.503. The van der Waals surface area contributed by atoms with Crippen LogP contribution in [0.15, 0.2) is 29.8 Å². The van der Waals surface area contributed by atoms with Crippen molar-refractivity contribution in [1.82, 2.24) is 9.88 Å². The van der Waals surface area contributed by atoms with Crippen LogP contribution in [0.3, 0.4) is 0 Å². The van der Waals surface area contributed by atoms with Crippen LogP contribution in [0, 0.1) is 6.92 Å². The van der Waals surface area contributed by atoms with Gasteiger partial charge in [-0.3, -0.25) is 9.59 Å². The van der Waals surface area contributed by atoms with Gasteiger partial charge in [0.1, 0.15) is 19.3 Å². The maximum atomic E-state index is 12.4. The van der Waals surface area contributed by atoms with Crippen molar-refractivity contribution in [1.29, 1.82) is 0 Å². The quantitative estimate of drug-likeness (QED) is 0.724. The Morgan fingerprint density at radius 2 is 2.18 bits per heavy atom. The van der Waals surface area contributed by atoms with E-state index in [-0.39, 0.29) is 31.6 Å². The SMILES string of the molecule is COCC(=O)Nc1ccc(C2OCC(=O)N(Cc3scnc3C)C2CO)cc1. The van der Waals surface area contributed by atoms with E-state index in [0.29, 0.717) is 12.2 Å². The molecule has 2 unspecified atom stereocenters. The maximum absolute atomic E-state index is 12.4. The molecule has 0 spiro atoms. The largest absolute Gasteiger partial charge is 0.394 e. The molecular weight excluding hydrogens is 382 g/mol. The van der Waals surface area contributed by atoms with Crippen molar-refractivity contribution >= 4 is 28.8 Å². The average molecular weight is 405 g/mol. The molecule has 150 valence electrons. The number of hydrogen-bond acceptors (Lipinski definition) is 7. The molecule has 1 aliphatic heterocycles. The second-order valence-corrected chi connectivity index (χ2v) is 7.41. The van der Waals surface area contributed by atoms with Crippen molar-refractivity contribution < 1.29 is 24.2 Å². The summed E-state index contributed by atoms with van der Waals surface area (Å²) in [6.07, 6.45) is -0.459. The lowest BCUT2D eigenvalue weighted by Crippen LogP contribution is -2.52. The van der Waals surface area contributed by atoms with Gasteiger partial charge in [-0.15, -0.1) is 11.3 Å². The smallest absolute Gasteiger partial charge is 0.250 e. The molecule has 9 heteroatoms. The zero-order valence-electron chi connectivity index (χ0n) is 15.8. The summed E-state index contributed by atoms with van der Waals surface area (Å²) in [6, 6.07) is 6.66. The minimum absolute atomic E-state index is 0.0197. The highest BCUT2D eigenvalue weighted by Gasteiger charge is 2.37. The van der Waals surface area contributed by atoms with E-state index in [9.17, 15) is 14.7 Å². The number of morpholine rings is 1. The molecule has 1 saturated heterocycles. The van der Waals surface area contributed by atoms with Gasteiger partial charge in [-0.1, -0.05) is 12.1 Å². The number of thiazole rings is 1. The molecule has 0 bridgehead atoms. The first kappa shape index (κ1) is 20.4. The summed E-state index contributed by atoms with van der Waals surface area (Å²) in [5.41, 5.74) is 4.09. The topological polar surface area (TPSA) is 101 Å². The van der Waals surface area contributed by atoms with Crippen LogP contribution in [0.25, 0.3) is 0 Å². The predicted molar refractivity (Wildman–Crippen MR) is 104 cm³/mol. The summed E-state index contributed by atoms with van der Waals surface area (Å²) in [5.74, 6) is -0.402. The standard InChI is InChI=1S/C19H23N3O5S/c1-12-16(28-11-20-12)7-22-15(8-23)19(27-10-18(22)25)13-3-5-14(6-4-13)21-17(24)9-26-2/h3-6,11,15,19,23H,7-10H2,1-2H3,(H,21,24). The van der Waals surface area contributed by atoms with Crippen LogP contribution in [0.1, 0.15) is 22.2 Å². The molecule has 2 N–H and O–H groups in total. The second-order valence-electron chi connectivity index (χ2n) is 6.47. The highest BCUT2D eigenvalue weighted by atomic mass is 32.1. The van der Waals surface area contributed by atoms with Gasteiger partial charge in [-0.05, 0) is 24.6 Å². The number of carbonyl (C=O) groups is 2. The molecule has 1 aromatic carbocycles. The Balaban J connectivity index is 1.76. The fourth-order valence-corrected chi connectivity index (χ4v) is 3.91. The number of hydrogen-bond donors (Lipinski definition) is 2. The highest BCUT2D eigenvalue weighted by Crippen LogP contribution is 2.31.